The largest absolute Gasteiger partial charge is 0.464 e. The van der Waals surface area contributed by atoms with Gasteiger partial charge in [0.15, 0.2) is 0 Å². The molecule has 0 fully saturated rings. The van der Waals surface area contributed by atoms with Gasteiger partial charge in [0.25, 0.3) is 5.69 Å². The molecule has 0 radical (unpaired) electrons. The number of carbonyl (C=O) groups excluding carboxylic acids is 1. The topological polar surface area (TPSA) is 82.3 Å². The van der Waals surface area contributed by atoms with E-state index in [2.05, 4.69) is 25.8 Å². The normalized spacial score (nSPS) is 11.4. The van der Waals surface area contributed by atoms with Gasteiger partial charge in [-0.2, -0.15) is 0 Å². The first-order chi connectivity index (χ1) is 12.7. The van der Waals surface area contributed by atoms with Crippen LogP contribution in [0.25, 0.3) is 22.0 Å². The molecule has 3 rings (SSSR count). The maximum atomic E-state index is 12.1. The minimum atomic E-state index is -0.636. The molecule has 6 heteroatoms. The Hall–Kier alpha value is -3.28. The molecule has 1 heterocycles. The average Bonchev–Trinajstić information content (AvgIpc) is 2.65. The molecule has 138 valence electrons. The van der Waals surface area contributed by atoms with Gasteiger partial charge in [-0.1, -0.05) is 57.2 Å². The predicted octanol–water partition coefficient (Wildman–Crippen LogP) is 4.89. The SMILES string of the molecule is COC(=O)c1cc(-c2ccc(C(C)(C)C)cc2)c2cccc([N+](=O)[O-])c2n1. The van der Waals surface area contributed by atoms with Gasteiger partial charge in [-0.05, 0) is 28.2 Å². The summed E-state index contributed by atoms with van der Waals surface area (Å²) in [5.74, 6) is -0.636. The Kier molecular flexibility index (Phi) is 4.66. The highest BCUT2D eigenvalue weighted by Gasteiger charge is 2.20. The van der Waals surface area contributed by atoms with Gasteiger partial charge in [0.05, 0.1) is 12.0 Å². The van der Waals surface area contributed by atoms with Crippen LogP contribution in [0.4, 0.5) is 5.69 Å². The van der Waals surface area contributed by atoms with Crippen LogP contribution in [0.3, 0.4) is 0 Å². The summed E-state index contributed by atoms with van der Waals surface area (Å²) in [6.45, 7) is 6.38. The highest BCUT2D eigenvalue weighted by atomic mass is 16.6. The van der Waals surface area contributed by atoms with Crippen LogP contribution in [-0.2, 0) is 10.2 Å². The fourth-order valence-electron chi connectivity index (χ4n) is 2.98. The number of nitro groups is 1. The Bertz CT molecular complexity index is 1030. The minimum absolute atomic E-state index is 0.00873. The van der Waals surface area contributed by atoms with Crippen LogP contribution < -0.4 is 0 Å². The third-order valence-electron chi connectivity index (χ3n) is 4.47. The Morgan fingerprint density at radius 1 is 1.11 bits per heavy atom. The number of methoxy groups -OCH3 is 1. The third kappa shape index (κ3) is 3.51. The maximum absolute atomic E-state index is 12.1. The van der Waals surface area contributed by atoms with E-state index < -0.39 is 10.9 Å². The van der Waals surface area contributed by atoms with Crippen LogP contribution in [0.5, 0.6) is 0 Å². The molecular formula is C21H20N2O4. The van der Waals surface area contributed by atoms with Crippen molar-refractivity contribution in [3.05, 3.63) is 69.9 Å². The molecule has 27 heavy (non-hydrogen) atoms. The number of para-hydroxylation sites is 1. The first-order valence-corrected chi connectivity index (χ1v) is 8.50. The zero-order chi connectivity index (χ0) is 19.8. The summed E-state index contributed by atoms with van der Waals surface area (Å²) in [6.07, 6.45) is 0. The summed E-state index contributed by atoms with van der Waals surface area (Å²) in [4.78, 5) is 27.2. The lowest BCUT2D eigenvalue weighted by Crippen LogP contribution is -2.10. The van der Waals surface area contributed by atoms with E-state index in [-0.39, 0.29) is 22.3 Å². The molecule has 0 atom stereocenters. The van der Waals surface area contributed by atoms with E-state index in [1.807, 2.05) is 24.3 Å². The number of carbonyl (C=O) groups is 1. The number of nitro benzene ring substituents is 1. The summed E-state index contributed by atoms with van der Waals surface area (Å²) in [6, 6.07) is 14.3. The van der Waals surface area contributed by atoms with Crippen LogP contribution in [0.15, 0.2) is 48.5 Å². The lowest BCUT2D eigenvalue weighted by atomic mass is 9.86. The maximum Gasteiger partial charge on any atom is 0.356 e. The second kappa shape index (κ2) is 6.79. The number of esters is 1. The zero-order valence-electron chi connectivity index (χ0n) is 15.6. The monoisotopic (exact) mass is 364 g/mol. The number of rotatable bonds is 3. The second-order valence-electron chi connectivity index (χ2n) is 7.30. The average molecular weight is 364 g/mol. The van der Waals surface area contributed by atoms with Gasteiger partial charge in [0, 0.05) is 11.5 Å². The Balaban J connectivity index is 2.29. The van der Waals surface area contributed by atoms with E-state index in [4.69, 9.17) is 4.74 Å². The summed E-state index contributed by atoms with van der Waals surface area (Å²) in [5, 5.41) is 12.0. The number of fused-ring (bicyclic) bond motifs is 1. The predicted molar refractivity (Wildman–Crippen MR) is 104 cm³/mol. The molecule has 3 aromatic rings. The summed E-state index contributed by atoms with van der Waals surface area (Å²) >= 11 is 0. The van der Waals surface area contributed by atoms with Gasteiger partial charge in [-0.25, -0.2) is 9.78 Å². The standard InChI is InChI=1S/C21H20N2O4/c1-21(2,3)14-10-8-13(9-11-14)16-12-17(20(24)27-4)22-19-15(16)6-5-7-18(19)23(25)26/h5-12H,1-4H3. The van der Waals surface area contributed by atoms with Crippen molar-refractivity contribution >= 4 is 22.6 Å². The van der Waals surface area contributed by atoms with Gasteiger partial charge in [0.2, 0.25) is 0 Å². The molecule has 0 spiro atoms. The molecule has 0 saturated heterocycles. The van der Waals surface area contributed by atoms with Crippen LogP contribution in [0.1, 0.15) is 36.8 Å². The molecule has 0 aliphatic rings. The summed E-state index contributed by atoms with van der Waals surface area (Å²) < 4.78 is 4.77. The molecule has 0 unspecified atom stereocenters. The fraction of sp³-hybridized carbons (Fsp3) is 0.238. The first kappa shape index (κ1) is 18.5. The van der Waals surface area contributed by atoms with E-state index in [1.54, 1.807) is 18.2 Å². The summed E-state index contributed by atoms with van der Waals surface area (Å²) in [5.41, 5.74) is 2.78. The molecule has 0 amide bonds. The fourth-order valence-corrected chi connectivity index (χ4v) is 2.98. The minimum Gasteiger partial charge on any atom is -0.464 e. The Labute approximate surface area is 157 Å². The van der Waals surface area contributed by atoms with Crippen LogP contribution in [-0.4, -0.2) is 23.0 Å². The van der Waals surface area contributed by atoms with Crippen LogP contribution in [0.2, 0.25) is 0 Å². The number of pyridine rings is 1. The molecule has 0 bridgehead atoms. The van der Waals surface area contributed by atoms with E-state index in [0.29, 0.717) is 10.9 Å². The number of ether oxygens (including phenoxy) is 1. The van der Waals surface area contributed by atoms with Crippen molar-refractivity contribution in [1.82, 2.24) is 4.98 Å². The molecule has 0 saturated carbocycles. The Morgan fingerprint density at radius 3 is 2.33 bits per heavy atom. The highest BCUT2D eigenvalue weighted by molar-refractivity contribution is 6.02. The third-order valence-corrected chi connectivity index (χ3v) is 4.47. The smallest absolute Gasteiger partial charge is 0.356 e. The van der Waals surface area contributed by atoms with Crippen molar-refractivity contribution in [3.63, 3.8) is 0 Å². The summed E-state index contributed by atoms with van der Waals surface area (Å²) in [7, 11) is 1.26. The van der Waals surface area contributed by atoms with Gasteiger partial charge >= 0.3 is 5.97 Å². The molecular weight excluding hydrogens is 344 g/mol. The molecule has 1 aromatic heterocycles. The lowest BCUT2D eigenvalue weighted by Gasteiger charge is -2.19. The van der Waals surface area contributed by atoms with Crippen molar-refractivity contribution in [1.29, 1.82) is 0 Å². The molecule has 0 N–H and O–H groups in total. The number of aromatic nitrogens is 1. The van der Waals surface area contributed by atoms with Crippen molar-refractivity contribution in [2.24, 2.45) is 0 Å². The number of hydrogen-bond acceptors (Lipinski definition) is 5. The van der Waals surface area contributed by atoms with Gasteiger partial charge in [0.1, 0.15) is 11.2 Å². The first-order valence-electron chi connectivity index (χ1n) is 8.50. The zero-order valence-corrected chi connectivity index (χ0v) is 15.6. The molecule has 6 nitrogen and oxygen atoms in total. The number of nitrogens with zero attached hydrogens (tertiary/aromatic N) is 2. The van der Waals surface area contributed by atoms with Gasteiger partial charge < -0.3 is 4.74 Å². The quantitative estimate of drug-likeness (QED) is 0.375. The van der Waals surface area contributed by atoms with Crippen LogP contribution in [0, 0.1) is 10.1 Å². The lowest BCUT2D eigenvalue weighted by molar-refractivity contribution is -0.383. The van der Waals surface area contributed by atoms with Gasteiger partial charge in [-0.15, -0.1) is 0 Å². The molecule has 0 aliphatic heterocycles. The van der Waals surface area contributed by atoms with Crippen molar-refractivity contribution in [3.8, 4) is 11.1 Å². The number of benzene rings is 2. The van der Waals surface area contributed by atoms with E-state index >= 15 is 0 Å². The van der Waals surface area contributed by atoms with Crippen molar-refractivity contribution in [2.75, 3.05) is 7.11 Å². The van der Waals surface area contributed by atoms with Gasteiger partial charge in [-0.3, -0.25) is 10.1 Å². The number of hydrogen-bond donors (Lipinski definition) is 0. The Morgan fingerprint density at radius 2 is 1.78 bits per heavy atom. The van der Waals surface area contributed by atoms with Crippen molar-refractivity contribution in [2.45, 2.75) is 26.2 Å². The molecule has 2 aromatic carbocycles. The van der Waals surface area contributed by atoms with Crippen molar-refractivity contribution < 1.29 is 14.5 Å². The second-order valence-corrected chi connectivity index (χ2v) is 7.30. The molecule has 0 aliphatic carbocycles. The van der Waals surface area contributed by atoms with E-state index in [1.165, 1.54) is 18.7 Å². The van der Waals surface area contributed by atoms with E-state index in [9.17, 15) is 14.9 Å². The highest BCUT2D eigenvalue weighted by Crippen LogP contribution is 2.34. The van der Waals surface area contributed by atoms with Crippen LogP contribution >= 0.6 is 0 Å². The number of non-ortho nitro benzene ring substituents is 1. The van der Waals surface area contributed by atoms with E-state index in [0.717, 1.165) is 5.56 Å².